The van der Waals surface area contributed by atoms with Crippen LogP contribution in [0.1, 0.15) is 5.56 Å². The molecule has 4 N–H and O–H groups in total. The fraction of sp³-hybridized carbons (Fsp3) is 0.375. The van der Waals surface area contributed by atoms with Gasteiger partial charge in [0.15, 0.2) is 0 Å². The van der Waals surface area contributed by atoms with Gasteiger partial charge >= 0.3 is 6.36 Å². The zero-order valence-electron chi connectivity index (χ0n) is 8.34. The van der Waals surface area contributed by atoms with Gasteiger partial charge in [-0.25, -0.2) is 0 Å². The molecule has 0 saturated heterocycles. The van der Waals surface area contributed by atoms with Crippen molar-refractivity contribution in [1.29, 1.82) is 0 Å². The van der Waals surface area contributed by atoms with Crippen molar-refractivity contribution >= 4 is 5.69 Å². The standard InChI is InChI=1S/C8H10F3N3O2/c1-15-6-4(3-12)2-5(13)7(14-6)16-8(9,10)11/h2H,3,12-13H2,1H3. The lowest BCUT2D eigenvalue weighted by Gasteiger charge is -2.13. The largest absolute Gasteiger partial charge is 0.574 e. The van der Waals surface area contributed by atoms with Crippen molar-refractivity contribution in [2.75, 3.05) is 12.8 Å². The number of halogens is 3. The summed E-state index contributed by atoms with van der Waals surface area (Å²) in [7, 11) is 1.26. The van der Waals surface area contributed by atoms with Gasteiger partial charge in [0, 0.05) is 12.1 Å². The van der Waals surface area contributed by atoms with E-state index in [0.717, 1.165) is 0 Å². The fourth-order valence-corrected chi connectivity index (χ4v) is 1.05. The summed E-state index contributed by atoms with van der Waals surface area (Å²) in [6.07, 6.45) is -4.85. The molecule has 8 heteroatoms. The molecule has 5 nitrogen and oxygen atoms in total. The highest BCUT2D eigenvalue weighted by Gasteiger charge is 2.33. The van der Waals surface area contributed by atoms with E-state index in [9.17, 15) is 13.2 Å². The number of aromatic nitrogens is 1. The minimum absolute atomic E-state index is 0.0454. The van der Waals surface area contributed by atoms with Gasteiger partial charge in [-0.15, -0.1) is 13.2 Å². The number of alkyl halides is 3. The zero-order valence-corrected chi connectivity index (χ0v) is 8.34. The van der Waals surface area contributed by atoms with Crippen molar-refractivity contribution in [2.24, 2.45) is 5.73 Å². The molecule has 0 radical (unpaired) electrons. The number of hydrogen-bond acceptors (Lipinski definition) is 5. The Hall–Kier alpha value is -1.70. The highest BCUT2D eigenvalue weighted by atomic mass is 19.4. The van der Waals surface area contributed by atoms with Crippen molar-refractivity contribution in [1.82, 2.24) is 4.98 Å². The van der Waals surface area contributed by atoms with Crippen LogP contribution in [0.2, 0.25) is 0 Å². The van der Waals surface area contributed by atoms with Gasteiger partial charge in [0.1, 0.15) is 0 Å². The van der Waals surface area contributed by atoms with E-state index in [-0.39, 0.29) is 18.1 Å². The van der Waals surface area contributed by atoms with E-state index < -0.39 is 12.2 Å². The molecular weight excluding hydrogens is 227 g/mol. The molecule has 0 unspecified atom stereocenters. The van der Waals surface area contributed by atoms with E-state index in [0.29, 0.717) is 5.56 Å². The second-order valence-corrected chi connectivity index (χ2v) is 2.80. The summed E-state index contributed by atoms with van der Waals surface area (Å²) in [6.45, 7) is 0.0483. The summed E-state index contributed by atoms with van der Waals surface area (Å²) in [5, 5.41) is 0. The molecule has 0 aromatic carbocycles. The molecule has 0 aliphatic carbocycles. The maximum Gasteiger partial charge on any atom is 0.574 e. The van der Waals surface area contributed by atoms with Crippen LogP contribution in [0.25, 0.3) is 0 Å². The van der Waals surface area contributed by atoms with E-state index in [1.54, 1.807) is 0 Å². The summed E-state index contributed by atoms with van der Waals surface area (Å²) in [6, 6.07) is 1.23. The summed E-state index contributed by atoms with van der Waals surface area (Å²) < 4.78 is 44.2. The van der Waals surface area contributed by atoms with Crippen LogP contribution >= 0.6 is 0 Å². The van der Waals surface area contributed by atoms with Crippen molar-refractivity contribution < 1.29 is 22.6 Å². The lowest BCUT2D eigenvalue weighted by Crippen LogP contribution is -2.19. The van der Waals surface area contributed by atoms with Gasteiger partial charge < -0.3 is 20.9 Å². The molecule has 1 heterocycles. The summed E-state index contributed by atoms with van der Waals surface area (Å²) >= 11 is 0. The van der Waals surface area contributed by atoms with Gasteiger partial charge in [0.2, 0.25) is 11.8 Å². The zero-order chi connectivity index (χ0) is 12.3. The highest BCUT2D eigenvalue weighted by Crippen LogP contribution is 2.30. The second kappa shape index (κ2) is 4.44. The highest BCUT2D eigenvalue weighted by molar-refractivity contribution is 5.53. The Balaban J connectivity index is 3.11. The third kappa shape index (κ3) is 2.89. The molecule has 0 aliphatic heterocycles. The average molecular weight is 237 g/mol. The first-order valence-electron chi connectivity index (χ1n) is 4.16. The first-order chi connectivity index (χ1) is 7.37. The first kappa shape index (κ1) is 12.4. The molecule has 1 rings (SSSR count). The summed E-state index contributed by atoms with van der Waals surface area (Å²) in [4.78, 5) is 3.48. The van der Waals surface area contributed by atoms with E-state index in [1.807, 2.05) is 0 Å². The molecule has 0 aliphatic rings. The lowest BCUT2D eigenvalue weighted by atomic mass is 10.2. The Bertz CT molecular complexity index is 382. The topological polar surface area (TPSA) is 83.4 Å². The molecule has 16 heavy (non-hydrogen) atoms. The summed E-state index contributed by atoms with van der Waals surface area (Å²) in [5.74, 6) is -0.794. The number of nitrogens with two attached hydrogens (primary N) is 2. The predicted molar refractivity (Wildman–Crippen MR) is 49.8 cm³/mol. The molecule has 0 spiro atoms. The van der Waals surface area contributed by atoms with Crippen LogP contribution in [0.4, 0.5) is 18.9 Å². The van der Waals surface area contributed by atoms with E-state index in [2.05, 4.69) is 9.72 Å². The molecule has 1 aromatic heterocycles. The Morgan fingerprint density at radius 1 is 1.38 bits per heavy atom. The Morgan fingerprint density at radius 3 is 2.44 bits per heavy atom. The summed E-state index contributed by atoms with van der Waals surface area (Å²) in [5.41, 5.74) is 10.8. The van der Waals surface area contributed by atoms with E-state index >= 15 is 0 Å². The van der Waals surface area contributed by atoms with E-state index in [4.69, 9.17) is 16.2 Å². The van der Waals surface area contributed by atoms with E-state index in [1.165, 1.54) is 13.2 Å². The maximum atomic E-state index is 12.0. The van der Waals surface area contributed by atoms with Crippen LogP contribution in [-0.4, -0.2) is 18.5 Å². The monoisotopic (exact) mass is 237 g/mol. The minimum Gasteiger partial charge on any atom is -0.481 e. The van der Waals surface area contributed by atoms with Crippen LogP contribution < -0.4 is 20.9 Å². The Kier molecular flexibility index (Phi) is 3.43. The number of nitrogen functional groups attached to an aromatic ring is 1. The number of hydrogen-bond donors (Lipinski definition) is 2. The van der Waals surface area contributed by atoms with Gasteiger partial charge in [-0.1, -0.05) is 0 Å². The number of methoxy groups -OCH3 is 1. The molecule has 0 saturated carbocycles. The van der Waals surface area contributed by atoms with Crippen molar-refractivity contribution in [3.05, 3.63) is 11.6 Å². The molecule has 90 valence electrons. The third-order valence-corrected chi connectivity index (χ3v) is 1.68. The molecule has 0 atom stereocenters. The van der Waals surface area contributed by atoms with Crippen LogP contribution in [0.15, 0.2) is 6.07 Å². The quantitative estimate of drug-likeness (QED) is 0.820. The fourth-order valence-electron chi connectivity index (χ4n) is 1.05. The van der Waals surface area contributed by atoms with Crippen molar-refractivity contribution in [3.63, 3.8) is 0 Å². The lowest BCUT2D eigenvalue weighted by molar-refractivity contribution is -0.275. The number of pyridine rings is 1. The van der Waals surface area contributed by atoms with Gasteiger partial charge in [-0.2, -0.15) is 4.98 Å². The minimum atomic E-state index is -4.85. The number of anilines is 1. The second-order valence-electron chi connectivity index (χ2n) is 2.80. The van der Waals surface area contributed by atoms with Crippen LogP contribution in [0.5, 0.6) is 11.8 Å². The third-order valence-electron chi connectivity index (χ3n) is 1.68. The molecule has 0 fully saturated rings. The molecule has 0 bridgehead atoms. The smallest absolute Gasteiger partial charge is 0.481 e. The van der Waals surface area contributed by atoms with Gasteiger partial charge in [0.05, 0.1) is 12.8 Å². The first-order valence-corrected chi connectivity index (χ1v) is 4.16. The predicted octanol–water partition coefficient (Wildman–Crippen LogP) is 1.03. The molecular formula is C8H10F3N3O2. The molecule has 0 amide bonds. The van der Waals surface area contributed by atoms with Gasteiger partial charge in [0.25, 0.3) is 0 Å². The molecule has 1 aromatic rings. The van der Waals surface area contributed by atoms with Crippen LogP contribution in [-0.2, 0) is 6.54 Å². The van der Waals surface area contributed by atoms with Crippen LogP contribution in [0.3, 0.4) is 0 Å². The average Bonchev–Trinajstić information content (AvgIpc) is 2.18. The normalized spacial score (nSPS) is 11.3. The van der Waals surface area contributed by atoms with Crippen LogP contribution in [0, 0.1) is 0 Å². The number of nitrogens with zero attached hydrogens (tertiary/aromatic N) is 1. The van der Waals surface area contributed by atoms with Crippen molar-refractivity contribution in [3.8, 4) is 11.8 Å². The van der Waals surface area contributed by atoms with Gasteiger partial charge in [-0.05, 0) is 6.07 Å². The number of ether oxygens (including phenoxy) is 2. The SMILES string of the molecule is COc1nc(OC(F)(F)F)c(N)cc1CN. The maximum absolute atomic E-state index is 12.0. The Morgan fingerprint density at radius 2 is 2.00 bits per heavy atom. The number of rotatable bonds is 3. The Labute approximate surface area is 89.1 Å². The van der Waals surface area contributed by atoms with Crippen molar-refractivity contribution in [2.45, 2.75) is 12.9 Å². The van der Waals surface area contributed by atoms with Gasteiger partial charge in [-0.3, -0.25) is 0 Å².